The van der Waals surface area contributed by atoms with Gasteiger partial charge in [-0.15, -0.1) is 0 Å². The van der Waals surface area contributed by atoms with Crippen LogP contribution in [0.1, 0.15) is 25.0 Å². The van der Waals surface area contributed by atoms with Crippen molar-refractivity contribution in [3.05, 3.63) is 149 Å². The minimum absolute atomic E-state index is 0.00451. The van der Waals surface area contributed by atoms with Gasteiger partial charge in [0.15, 0.2) is 0 Å². The SMILES string of the molecule is CC1(C)c2ccccc2-c2cc(-n3c4ccccc4c4cc(-c5cccc(-c6cccc(Br)c6)c5)ccc43)ccc21. The Morgan fingerprint density at radius 2 is 1.15 bits per heavy atom. The molecule has 0 saturated heterocycles. The second-order valence-corrected chi connectivity index (χ2v) is 12.5. The summed E-state index contributed by atoms with van der Waals surface area (Å²) in [5, 5.41) is 2.54. The maximum Gasteiger partial charge on any atom is 0.0541 e. The van der Waals surface area contributed by atoms with E-state index in [9.17, 15) is 0 Å². The van der Waals surface area contributed by atoms with E-state index in [0.29, 0.717) is 0 Å². The summed E-state index contributed by atoms with van der Waals surface area (Å²) in [5.41, 5.74) is 14.0. The molecule has 0 atom stereocenters. The van der Waals surface area contributed by atoms with Crippen molar-refractivity contribution in [3.63, 3.8) is 0 Å². The lowest BCUT2D eigenvalue weighted by atomic mass is 9.82. The Balaban J connectivity index is 1.30. The van der Waals surface area contributed by atoms with Crippen molar-refractivity contribution in [1.82, 2.24) is 4.57 Å². The number of benzene rings is 6. The lowest BCUT2D eigenvalue weighted by Crippen LogP contribution is -2.14. The fraction of sp³-hybridized carbons (Fsp3) is 0.0769. The van der Waals surface area contributed by atoms with Crippen molar-refractivity contribution >= 4 is 37.7 Å². The van der Waals surface area contributed by atoms with Crippen LogP contribution >= 0.6 is 15.9 Å². The third-order valence-electron chi connectivity index (χ3n) is 8.85. The number of rotatable bonds is 3. The van der Waals surface area contributed by atoms with Crippen molar-refractivity contribution in [3.8, 4) is 39.1 Å². The van der Waals surface area contributed by atoms with Gasteiger partial charge < -0.3 is 4.57 Å². The van der Waals surface area contributed by atoms with E-state index >= 15 is 0 Å². The molecule has 0 spiro atoms. The van der Waals surface area contributed by atoms with Crippen LogP contribution in [-0.4, -0.2) is 4.57 Å². The van der Waals surface area contributed by atoms with E-state index < -0.39 is 0 Å². The zero-order chi connectivity index (χ0) is 27.7. The summed E-state index contributed by atoms with van der Waals surface area (Å²) in [7, 11) is 0. The minimum atomic E-state index is 0.00451. The van der Waals surface area contributed by atoms with Gasteiger partial charge in [0.25, 0.3) is 0 Å². The number of nitrogens with zero attached hydrogens (tertiary/aromatic N) is 1. The van der Waals surface area contributed by atoms with E-state index in [1.165, 1.54) is 72.0 Å². The number of fused-ring (bicyclic) bond motifs is 6. The summed E-state index contributed by atoms with van der Waals surface area (Å²) in [6, 6.07) is 48.9. The second kappa shape index (κ2) is 9.06. The zero-order valence-electron chi connectivity index (χ0n) is 23.0. The molecule has 196 valence electrons. The first kappa shape index (κ1) is 24.4. The highest BCUT2D eigenvalue weighted by molar-refractivity contribution is 9.10. The van der Waals surface area contributed by atoms with Crippen molar-refractivity contribution in [2.75, 3.05) is 0 Å². The van der Waals surface area contributed by atoms with Gasteiger partial charge >= 0.3 is 0 Å². The van der Waals surface area contributed by atoms with Gasteiger partial charge in [0, 0.05) is 26.3 Å². The third-order valence-corrected chi connectivity index (χ3v) is 9.34. The van der Waals surface area contributed by atoms with Crippen LogP contribution in [0.4, 0.5) is 0 Å². The summed E-state index contributed by atoms with van der Waals surface area (Å²) < 4.78 is 3.52. The predicted octanol–water partition coefficient (Wildman–Crippen LogP) is 11.2. The van der Waals surface area contributed by atoms with Gasteiger partial charge in [-0.2, -0.15) is 0 Å². The number of para-hydroxylation sites is 1. The van der Waals surface area contributed by atoms with Gasteiger partial charge in [-0.1, -0.05) is 115 Å². The maximum atomic E-state index is 3.62. The van der Waals surface area contributed by atoms with Crippen LogP contribution in [-0.2, 0) is 5.41 Å². The van der Waals surface area contributed by atoms with E-state index in [1.54, 1.807) is 0 Å². The monoisotopic (exact) mass is 589 g/mol. The van der Waals surface area contributed by atoms with Crippen LogP contribution in [0.5, 0.6) is 0 Å². The molecule has 0 unspecified atom stereocenters. The molecular weight excluding hydrogens is 562 g/mol. The molecule has 1 aliphatic rings. The fourth-order valence-corrected chi connectivity index (χ4v) is 7.22. The molecular formula is C39H28BrN. The van der Waals surface area contributed by atoms with Crippen molar-refractivity contribution in [2.24, 2.45) is 0 Å². The molecule has 0 saturated carbocycles. The summed E-state index contributed by atoms with van der Waals surface area (Å²) in [4.78, 5) is 0. The highest BCUT2D eigenvalue weighted by Crippen LogP contribution is 2.49. The van der Waals surface area contributed by atoms with Crippen LogP contribution in [0.3, 0.4) is 0 Å². The first-order chi connectivity index (χ1) is 20.0. The highest BCUT2D eigenvalue weighted by atomic mass is 79.9. The summed E-state index contributed by atoms with van der Waals surface area (Å²) in [5.74, 6) is 0. The molecule has 0 amide bonds. The van der Waals surface area contributed by atoms with Gasteiger partial charge in [0.2, 0.25) is 0 Å². The Morgan fingerprint density at radius 1 is 0.488 bits per heavy atom. The van der Waals surface area contributed by atoms with Crippen LogP contribution in [0, 0.1) is 0 Å². The molecule has 0 N–H and O–H groups in total. The van der Waals surface area contributed by atoms with Gasteiger partial charge in [0.05, 0.1) is 11.0 Å². The average molecular weight is 591 g/mol. The van der Waals surface area contributed by atoms with Gasteiger partial charge in [-0.05, 0) is 93.0 Å². The second-order valence-electron chi connectivity index (χ2n) is 11.6. The molecule has 1 heterocycles. The molecule has 2 heteroatoms. The molecule has 0 aliphatic heterocycles. The standard InChI is InChI=1S/C39H28BrN/c1-39(2)35-15-5-3-13-31(35)33-24-30(18-19-36(33)39)41-37-16-6-4-14-32(37)34-23-28(17-20-38(34)41)26-10-7-9-25(21-26)27-11-8-12-29(40)22-27/h3-24H,1-2H3. The Kier molecular flexibility index (Phi) is 5.39. The lowest BCUT2D eigenvalue weighted by Gasteiger charge is -2.21. The molecule has 1 aromatic heterocycles. The third kappa shape index (κ3) is 3.74. The van der Waals surface area contributed by atoms with E-state index in [2.05, 4.69) is 168 Å². The highest BCUT2D eigenvalue weighted by Gasteiger charge is 2.35. The summed E-state index contributed by atoms with van der Waals surface area (Å²) >= 11 is 3.62. The zero-order valence-corrected chi connectivity index (χ0v) is 24.6. The van der Waals surface area contributed by atoms with E-state index in [1.807, 2.05) is 0 Å². The van der Waals surface area contributed by atoms with Crippen molar-refractivity contribution in [2.45, 2.75) is 19.3 Å². The summed E-state index contributed by atoms with van der Waals surface area (Å²) in [6.45, 7) is 4.68. The van der Waals surface area contributed by atoms with Crippen LogP contribution < -0.4 is 0 Å². The number of aromatic nitrogens is 1. The van der Waals surface area contributed by atoms with E-state index in [0.717, 1.165) is 4.47 Å². The van der Waals surface area contributed by atoms with Gasteiger partial charge in [0.1, 0.15) is 0 Å². The number of hydrogen-bond acceptors (Lipinski definition) is 0. The largest absolute Gasteiger partial charge is 0.309 e. The molecule has 7 aromatic rings. The van der Waals surface area contributed by atoms with E-state index in [-0.39, 0.29) is 5.41 Å². The molecule has 0 bridgehead atoms. The van der Waals surface area contributed by atoms with Gasteiger partial charge in [-0.3, -0.25) is 0 Å². The maximum absolute atomic E-state index is 3.62. The Bertz CT molecular complexity index is 2150. The lowest BCUT2D eigenvalue weighted by molar-refractivity contribution is 0.660. The van der Waals surface area contributed by atoms with Crippen LogP contribution in [0.25, 0.3) is 60.9 Å². The topological polar surface area (TPSA) is 4.93 Å². The molecule has 1 nitrogen and oxygen atoms in total. The fourth-order valence-electron chi connectivity index (χ4n) is 6.82. The Labute approximate surface area is 248 Å². The normalized spacial score (nSPS) is 13.4. The molecule has 41 heavy (non-hydrogen) atoms. The van der Waals surface area contributed by atoms with Crippen molar-refractivity contribution < 1.29 is 0 Å². The first-order valence-corrected chi connectivity index (χ1v) is 14.9. The van der Waals surface area contributed by atoms with Crippen molar-refractivity contribution in [1.29, 1.82) is 0 Å². The predicted molar refractivity (Wildman–Crippen MR) is 177 cm³/mol. The van der Waals surface area contributed by atoms with Gasteiger partial charge in [-0.25, -0.2) is 0 Å². The average Bonchev–Trinajstić information content (AvgIpc) is 3.45. The van der Waals surface area contributed by atoms with E-state index in [4.69, 9.17) is 0 Å². The van der Waals surface area contributed by atoms with Crippen LogP contribution in [0.2, 0.25) is 0 Å². The smallest absolute Gasteiger partial charge is 0.0541 e. The minimum Gasteiger partial charge on any atom is -0.309 e. The Hall–Kier alpha value is -4.40. The number of halogens is 1. The first-order valence-electron chi connectivity index (χ1n) is 14.1. The summed E-state index contributed by atoms with van der Waals surface area (Å²) in [6.07, 6.45) is 0. The molecule has 1 aliphatic carbocycles. The Morgan fingerprint density at radius 3 is 1.98 bits per heavy atom. The number of hydrogen-bond donors (Lipinski definition) is 0. The molecule has 6 aromatic carbocycles. The molecule has 0 fully saturated rings. The quantitative estimate of drug-likeness (QED) is 0.193. The molecule has 0 radical (unpaired) electrons. The van der Waals surface area contributed by atoms with Crippen LogP contribution in [0.15, 0.2) is 138 Å². The molecule has 8 rings (SSSR count).